The van der Waals surface area contributed by atoms with Crippen molar-refractivity contribution in [3.63, 3.8) is 0 Å². The molecule has 0 spiro atoms. The van der Waals surface area contributed by atoms with Crippen molar-refractivity contribution in [2.75, 3.05) is 19.7 Å². The molecule has 1 unspecified atom stereocenters. The van der Waals surface area contributed by atoms with Crippen molar-refractivity contribution in [3.8, 4) is 5.75 Å². The minimum absolute atomic E-state index is 0.0816. The number of carbonyl (C=O) groups is 2. The summed E-state index contributed by atoms with van der Waals surface area (Å²) in [5.41, 5.74) is 8.00. The fourth-order valence-electron chi connectivity index (χ4n) is 3.66. The second-order valence-electron chi connectivity index (χ2n) is 7.71. The van der Waals surface area contributed by atoms with E-state index in [1.165, 1.54) is 18.4 Å². The molecule has 1 heterocycles. The van der Waals surface area contributed by atoms with E-state index in [2.05, 4.69) is 29.3 Å². The highest BCUT2D eigenvalue weighted by Gasteiger charge is 2.17. The molecule has 1 saturated heterocycles. The number of rotatable bonds is 8. The Morgan fingerprint density at radius 3 is 2.55 bits per heavy atom. The van der Waals surface area contributed by atoms with Crippen LogP contribution in [0.2, 0.25) is 0 Å². The van der Waals surface area contributed by atoms with Gasteiger partial charge in [-0.05, 0) is 60.7 Å². The van der Waals surface area contributed by atoms with Crippen LogP contribution < -0.4 is 15.8 Å². The van der Waals surface area contributed by atoms with E-state index in [1.807, 2.05) is 12.1 Å². The summed E-state index contributed by atoms with van der Waals surface area (Å²) in [6.45, 7) is 5.87. The number of likely N-dealkylation sites (tertiary alicyclic amines) is 1. The van der Waals surface area contributed by atoms with Gasteiger partial charge in [-0.25, -0.2) is 0 Å². The summed E-state index contributed by atoms with van der Waals surface area (Å²) >= 11 is 0. The Morgan fingerprint density at radius 1 is 1.14 bits per heavy atom. The number of hydrogen-bond donors (Lipinski definition) is 2. The number of primary amides is 1. The molecule has 1 aliphatic heterocycles. The Hall–Kier alpha value is -2.86. The third-order valence-corrected chi connectivity index (χ3v) is 5.24. The summed E-state index contributed by atoms with van der Waals surface area (Å²) in [6, 6.07) is 14.7. The first-order valence-electron chi connectivity index (χ1n) is 10.1. The third kappa shape index (κ3) is 6.32. The van der Waals surface area contributed by atoms with E-state index in [9.17, 15) is 9.59 Å². The molecule has 3 rings (SSSR count). The van der Waals surface area contributed by atoms with E-state index in [-0.39, 0.29) is 12.5 Å². The third-order valence-electron chi connectivity index (χ3n) is 5.24. The molecule has 6 nitrogen and oxygen atoms in total. The van der Waals surface area contributed by atoms with Gasteiger partial charge in [-0.1, -0.05) is 31.2 Å². The Bertz CT molecular complexity index is 836. The van der Waals surface area contributed by atoms with Crippen molar-refractivity contribution < 1.29 is 14.3 Å². The molecule has 1 fully saturated rings. The summed E-state index contributed by atoms with van der Waals surface area (Å²) < 4.78 is 5.48. The van der Waals surface area contributed by atoms with Crippen molar-refractivity contribution in [1.29, 1.82) is 0 Å². The first-order valence-corrected chi connectivity index (χ1v) is 10.1. The topological polar surface area (TPSA) is 84.7 Å². The molecule has 1 aliphatic rings. The molecule has 0 aliphatic carbocycles. The van der Waals surface area contributed by atoms with Gasteiger partial charge >= 0.3 is 0 Å². The zero-order chi connectivity index (χ0) is 20.6. The van der Waals surface area contributed by atoms with Gasteiger partial charge in [0.1, 0.15) is 5.75 Å². The number of nitrogens with two attached hydrogens (primary N) is 1. The van der Waals surface area contributed by atoms with Crippen LogP contribution in [0, 0.1) is 5.92 Å². The van der Waals surface area contributed by atoms with Crippen LogP contribution in [-0.2, 0) is 17.9 Å². The minimum Gasteiger partial charge on any atom is -0.484 e. The van der Waals surface area contributed by atoms with Gasteiger partial charge in [-0.2, -0.15) is 0 Å². The molecular weight excluding hydrogens is 366 g/mol. The van der Waals surface area contributed by atoms with Gasteiger partial charge in [0.25, 0.3) is 5.91 Å². The van der Waals surface area contributed by atoms with Crippen LogP contribution in [-0.4, -0.2) is 36.4 Å². The van der Waals surface area contributed by atoms with Gasteiger partial charge < -0.3 is 15.8 Å². The van der Waals surface area contributed by atoms with Crippen LogP contribution >= 0.6 is 0 Å². The lowest BCUT2D eigenvalue weighted by Gasteiger charge is -2.31. The van der Waals surface area contributed by atoms with Crippen molar-refractivity contribution in [2.24, 2.45) is 11.7 Å². The summed E-state index contributed by atoms with van der Waals surface area (Å²) in [4.78, 5) is 25.8. The molecule has 29 heavy (non-hydrogen) atoms. The Kier molecular flexibility index (Phi) is 7.25. The van der Waals surface area contributed by atoms with Gasteiger partial charge in [0.2, 0.25) is 5.91 Å². The van der Waals surface area contributed by atoms with E-state index in [1.54, 1.807) is 24.3 Å². The monoisotopic (exact) mass is 395 g/mol. The van der Waals surface area contributed by atoms with E-state index >= 15 is 0 Å². The maximum atomic E-state index is 12.2. The van der Waals surface area contributed by atoms with Crippen LogP contribution in [0.15, 0.2) is 48.5 Å². The standard InChI is InChI=1S/C23H29N3O3/c1-17-5-4-12-26(14-17)15-20-7-3-2-6-19(20)13-25-22(27)16-29-21-10-8-18(9-11-21)23(24)28/h2-3,6-11,17H,4-5,12-16H2,1H3,(H2,24,28)(H,25,27). The lowest BCUT2D eigenvalue weighted by atomic mass is 9.99. The Balaban J connectivity index is 1.49. The molecule has 1 atom stereocenters. The van der Waals surface area contributed by atoms with E-state index < -0.39 is 5.91 Å². The number of carbonyl (C=O) groups excluding carboxylic acids is 2. The molecule has 2 amide bonds. The van der Waals surface area contributed by atoms with Crippen LogP contribution in [0.25, 0.3) is 0 Å². The number of nitrogens with one attached hydrogen (secondary N) is 1. The predicted molar refractivity (Wildman–Crippen MR) is 112 cm³/mol. The lowest BCUT2D eigenvalue weighted by molar-refractivity contribution is -0.123. The summed E-state index contributed by atoms with van der Waals surface area (Å²) in [5.74, 6) is 0.576. The van der Waals surface area contributed by atoms with Crippen molar-refractivity contribution in [3.05, 3.63) is 65.2 Å². The highest BCUT2D eigenvalue weighted by Crippen LogP contribution is 2.19. The summed E-state index contributed by atoms with van der Waals surface area (Å²) in [6.07, 6.45) is 2.55. The molecule has 6 heteroatoms. The quantitative estimate of drug-likeness (QED) is 0.720. The minimum atomic E-state index is -0.494. The molecule has 0 radical (unpaired) electrons. The average molecular weight is 396 g/mol. The van der Waals surface area contributed by atoms with Crippen LogP contribution in [0.5, 0.6) is 5.75 Å². The molecule has 0 saturated carbocycles. The molecule has 154 valence electrons. The highest BCUT2D eigenvalue weighted by molar-refractivity contribution is 5.92. The van der Waals surface area contributed by atoms with E-state index in [0.29, 0.717) is 17.9 Å². The zero-order valence-corrected chi connectivity index (χ0v) is 16.9. The molecule has 3 N–H and O–H groups in total. The Morgan fingerprint density at radius 2 is 1.86 bits per heavy atom. The van der Waals surface area contributed by atoms with Crippen LogP contribution in [0.3, 0.4) is 0 Å². The van der Waals surface area contributed by atoms with Crippen LogP contribution in [0.1, 0.15) is 41.3 Å². The molecular formula is C23H29N3O3. The van der Waals surface area contributed by atoms with E-state index in [4.69, 9.17) is 10.5 Å². The predicted octanol–water partition coefficient (Wildman–Crippen LogP) is 2.71. The highest BCUT2D eigenvalue weighted by atomic mass is 16.5. The van der Waals surface area contributed by atoms with Crippen molar-refractivity contribution >= 4 is 11.8 Å². The summed E-state index contributed by atoms with van der Waals surface area (Å²) in [7, 11) is 0. The average Bonchev–Trinajstić information content (AvgIpc) is 2.72. The summed E-state index contributed by atoms with van der Waals surface area (Å²) in [5, 5.41) is 2.93. The second kappa shape index (κ2) is 10.1. The molecule has 2 aromatic carbocycles. The number of nitrogens with zero attached hydrogens (tertiary/aromatic N) is 1. The number of ether oxygens (including phenoxy) is 1. The lowest BCUT2D eigenvalue weighted by Crippen LogP contribution is -2.34. The van der Waals surface area contributed by atoms with Gasteiger partial charge in [0.05, 0.1) is 0 Å². The molecule has 2 aromatic rings. The van der Waals surface area contributed by atoms with Crippen molar-refractivity contribution in [2.45, 2.75) is 32.9 Å². The maximum absolute atomic E-state index is 12.2. The second-order valence-corrected chi connectivity index (χ2v) is 7.71. The number of amides is 2. The first-order chi connectivity index (χ1) is 14.0. The Labute approximate surface area is 172 Å². The molecule has 0 aromatic heterocycles. The fourth-order valence-corrected chi connectivity index (χ4v) is 3.66. The SMILES string of the molecule is CC1CCCN(Cc2ccccc2CNC(=O)COc2ccc(C(N)=O)cc2)C1. The number of piperidine rings is 1. The maximum Gasteiger partial charge on any atom is 0.258 e. The number of hydrogen-bond acceptors (Lipinski definition) is 4. The van der Waals surface area contributed by atoms with Gasteiger partial charge in [-0.15, -0.1) is 0 Å². The number of benzene rings is 2. The van der Waals surface area contributed by atoms with Crippen LogP contribution in [0.4, 0.5) is 0 Å². The van der Waals surface area contributed by atoms with Gasteiger partial charge in [-0.3, -0.25) is 14.5 Å². The zero-order valence-electron chi connectivity index (χ0n) is 16.9. The van der Waals surface area contributed by atoms with Gasteiger partial charge in [0.15, 0.2) is 6.61 Å². The van der Waals surface area contributed by atoms with Crippen molar-refractivity contribution in [1.82, 2.24) is 10.2 Å². The van der Waals surface area contributed by atoms with Gasteiger partial charge in [0, 0.05) is 25.2 Å². The van der Waals surface area contributed by atoms with E-state index in [0.717, 1.165) is 31.1 Å². The first kappa shape index (κ1) is 20.9. The smallest absolute Gasteiger partial charge is 0.258 e. The molecule has 0 bridgehead atoms. The fraction of sp³-hybridized carbons (Fsp3) is 0.391. The largest absolute Gasteiger partial charge is 0.484 e. The normalized spacial score (nSPS) is 16.9.